The average molecular weight is 427 g/mol. The molecule has 0 aliphatic carbocycles. The standard InChI is InChI=1S/C23H27ClN4O2/c1-23(2,3)20-13-18(26-27-20)22(29)28-10-5-4-9-19(28)21-25-14-17(30-21)12-15-7-6-8-16(24)11-15/h6-8,11,13-14,19H,4-5,9-10,12H2,1-3H3,(H,26,27)/t19-/m0/s1. The van der Waals surface area contributed by atoms with Crippen LogP contribution in [0, 0.1) is 0 Å². The Balaban J connectivity index is 1.53. The van der Waals surface area contributed by atoms with Gasteiger partial charge in [-0.1, -0.05) is 44.5 Å². The van der Waals surface area contributed by atoms with Gasteiger partial charge in [0.05, 0.1) is 6.20 Å². The van der Waals surface area contributed by atoms with E-state index in [-0.39, 0.29) is 17.4 Å². The lowest BCUT2D eigenvalue weighted by molar-refractivity contribution is 0.0564. The van der Waals surface area contributed by atoms with Crippen molar-refractivity contribution in [3.05, 3.63) is 70.2 Å². The highest BCUT2D eigenvalue weighted by molar-refractivity contribution is 6.30. The Morgan fingerprint density at radius 1 is 1.30 bits per heavy atom. The number of aromatic amines is 1. The normalized spacial score (nSPS) is 17.3. The van der Waals surface area contributed by atoms with Gasteiger partial charge in [0, 0.05) is 29.1 Å². The molecule has 158 valence electrons. The highest BCUT2D eigenvalue weighted by Crippen LogP contribution is 2.32. The van der Waals surface area contributed by atoms with E-state index in [1.807, 2.05) is 35.2 Å². The average Bonchev–Trinajstić information content (AvgIpc) is 3.37. The molecule has 0 radical (unpaired) electrons. The van der Waals surface area contributed by atoms with Crippen LogP contribution in [0.2, 0.25) is 5.02 Å². The number of H-pyrrole nitrogens is 1. The van der Waals surface area contributed by atoms with Crippen molar-refractivity contribution in [3.63, 3.8) is 0 Å². The first-order valence-corrected chi connectivity index (χ1v) is 10.7. The summed E-state index contributed by atoms with van der Waals surface area (Å²) in [6.45, 7) is 6.94. The molecular formula is C23H27ClN4O2. The smallest absolute Gasteiger partial charge is 0.275 e. The first kappa shape index (κ1) is 20.7. The van der Waals surface area contributed by atoms with Gasteiger partial charge in [0.15, 0.2) is 0 Å². The number of nitrogens with zero attached hydrogens (tertiary/aromatic N) is 3. The van der Waals surface area contributed by atoms with Gasteiger partial charge in [-0.2, -0.15) is 5.10 Å². The summed E-state index contributed by atoms with van der Waals surface area (Å²) < 4.78 is 6.07. The first-order chi connectivity index (χ1) is 14.3. The largest absolute Gasteiger partial charge is 0.443 e. The number of benzene rings is 1. The van der Waals surface area contributed by atoms with Crippen molar-refractivity contribution >= 4 is 17.5 Å². The molecule has 0 unspecified atom stereocenters. The maximum absolute atomic E-state index is 13.2. The Morgan fingerprint density at radius 2 is 2.13 bits per heavy atom. The van der Waals surface area contributed by atoms with Gasteiger partial charge in [-0.25, -0.2) is 4.98 Å². The molecule has 2 aromatic heterocycles. The quantitative estimate of drug-likeness (QED) is 0.613. The van der Waals surface area contributed by atoms with Crippen LogP contribution < -0.4 is 0 Å². The van der Waals surface area contributed by atoms with Crippen LogP contribution in [-0.4, -0.2) is 32.5 Å². The number of hydrogen-bond donors (Lipinski definition) is 1. The second-order valence-corrected chi connectivity index (χ2v) is 9.33. The lowest BCUT2D eigenvalue weighted by Gasteiger charge is -2.33. The monoisotopic (exact) mass is 426 g/mol. The topological polar surface area (TPSA) is 75.0 Å². The van der Waals surface area contributed by atoms with Crippen LogP contribution in [-0.2, 0) is 11.8 Å². The molecule has 1 atom stereocenters. The third-order valence-corrected chi connectivity index (χ3v) is 5.73. The molecule has 1 N–H and O–H groups in total. The number of aromatic nitrogens is 3. The zero-order chi connectivity index (χ0) is 21.3. The third kappa shape index (κ3) is 4.43. The number of nitrogens with one attached hydrogen (secondary N) is 1. The number of carbonyl (C=O) groups excluding carboxylic acids is 1. The number of hydrogen-bond acceptors (Lipinski definition) is 4. The molecule has 4 rings (SSSR count). The van der Waals surface area contributed by atoms with Gasteiger partial charge < -0.3 is 9.32 Å². The van der Waals surface area contributed by atoms with E-state index in [4.69, 9.17) is 16.0 Å². The van der Waals surface area contributed by atoms with E-state index in [0.717, 1.165) is 36.3 Å². The minimum Gasteiger partial charge on any atom is -0.443 e. The Labute approximate surface area is 181 Å². The number of oxazole rings is 1. The van der Waals surface area contributed by atoms with Crippen LogP contribution in [0.4, 0.5) is 0 Å². The molecule has 1 fully saturated rings. The fraction of sp³-hybridized carbons (Fsp3) is 0.435. The minimum absolute atomic E-state index is 0.0824. The van der Waals surface area contributed by atoms with Crippen LogP contribution in [0.25, 0.3) is 0 Å². The molecule has 3 heterocycles. The Morgan fingerprint density at radius 3 is 2.87 bits per heavy atom. The Kier molecular flexibility index (Phi) is 5.69. The summed E-state index contributed by atoms with van der Waals surface area (Å²) in [5.74, 6) is 1.27. The summed E-state index contributed by atoms with van der Waals surface area (Å²) in [4.78, 5) is 19.6. The summed E-state index contributed by atoms with van der Waals surface area (Å²) in [6.07, 6.45) is 5.20. The molecule has 30 heavy (non-hydrogen) atoms. The highest BCUT2D eigenvalue weighted by Gasteiger charge is 2.33. The van der Waals surface area contributed by atoms with E-state index in [2.05, 4.69) is 36.0 Å². The minimum atomic E-state index is -0.172. The number of piperidine rings is 1. The molecule has 3 aromatic rings. The molecule has 0 bridgehead atoms. The molecule has 1 aromatic carbocycles. The molecule has 7 heteroatoms. The molecular weight excluding hydrogens is 400 g/mol. The number of rotatable bonds is 4. The second kappa shape index (κ2) is 8.26. The summed E-state index contributed by atoms with van der Waals surface area (Å²) in [5, 5.41) is 7.98. The van der Waals surface area contributed by atoms with Crippen LogP contribution in [0.3, 0.4) is 0 Å². The van der Waals surface area contributed by atoms with Crippen molar-refractivity contribution < 1.29 is 9.21 Å². The van der Waals surface area contributed by atoms with Gasteiger partial charge in [-0.15, -0.1) is 0 Å². The molecule has 0 spiro atoms. The van der Waals surface area contributed by atoms with Crippen molar-refractivity contribution in [2.45, 2.75) is 57.9 Å². The van der Waals surface area contributed by atoms with Crippen LogP contribution >= 0.6 is 11.6 Å². The lowest BCUT2D eigenvalue weighted by atomic mass is 9.92. The number of likely N-dealkylation sites (tertiary alicyclic amines) is 1. The first-order valence-electron chi connectivity index (χ1n) is 10.4. The van der Waals surface area contributed by atoms with Crippen LogP contribution in [0.15, 0.2) is 40.9 Å². The van der Waals surface area contributed by atoms with E-state index in [0.29, 0.717) is 29.6 Å². The summed E-state index contributed by atoms with van der Waals surface area (Å²) >= 11 is 6.08. The summed E-state index contributed by atoms with van der Waals surface area (Å²) in [6, 6.07) is 9.39. The van der Waals surface area contributed by atoms with Crippen molar-refractivity contribution in [2.24, 2.45) is 0 Å². The number of halogens is 1. The number of carbonyl (C=O) groups is 1. The van der Waals surface area contributed by atoms with E-state index in [9.17, 15) is 4.79 Å². The molecule has 0 saturated carbocycles. The van der Waals surface area contributed by atoms with E-state index in [1.165, 1.54) is 0 Å². The molecule has 1 aliphatic heterocycles. The lowest BCUT2D eigenvalue weighted by Crippen LogP contribution is -2.38. The maximum atomic E-state index is 13.2. The maximum Gasteiger partial charge on any atom is 0.275 e. The number of amides is 1. The van der Waals surface area contributed by atoms with Gasteiger partial charge in [0.25, 0.3) is 5.91 Å². The highest BCUT2D eigenvalue weighted by atomic mass is 35.5. The Hall–Kier alpha value is -2.60. The van der Waals surface area contributed by atoms with Crippen molar-refractivity contribution in [2.75, 3.05) is 6.54 Å². The van der Waals surface area contributed by atoms with E-state index in [1.54, 1.807) is 6.20 Å². The van der Waals surface area contributed by atoms with Gasteiger partial charge in [-0.05, 0) is 43.0 Å². The predicted octanol–water partition coefficient (Wildman–Crippen LogP) is 5.31. The Bertz CT molecular complexity index is 1030. The molecule has 6 nitrogen and oxygen atoms in total. The van der Waals surface area contributed by atoms with Crippen molar-refractivity contribution in [1.29, 1.82) is 0 Å². The van der Waals surface area contributed by atoms with Gasteiger partial charge in [0.2, 0.25) is 5.89 Å². The zero-order valence-corrected chi connectivity index (χ0v) is 18.4. The molecule has 1 saturated heterocycles. The second-order valence-electron chi connectivity index (χ2n) is 8.90. The SMILES string of the molecule is CC(C)(C)c1cc(C(=O)N2CCCC[C@H]2c2ncc(Cc3cccc(Cl)c3)o2)n[nH]1. The van der Waals surface area contributed by atoms with Gasteiger partial charge in [-0.3, -0.25) is 9.89 Å². The van der Waals surface area contributed by atoms with Gasteiger partial charge >= 0.3 is 0 Å². The fourth-order valence-corrected chi connectivity index (χ4v) is 4.01. The van der Waals surface area contributed by atoms with Crippen molar-refractivity contribution in [3.8, 4) is 0 Å². The van der Waals surface area contributed by atoms with E-state index < -0.39 is 0 Å². The fourth-order valence-electron chi connectivity index (χ4n) is 3.80. The molecule has 1 amide bonds. The zero-order valence-electron chi connectivity index (χ0n) is 17.6. The predicted molar refractivity (Wildman–Crippen MR) is 116 cm³/mol. The molecule has 1 aliphatic rings. The van der Waals surface area contributed by atoms with E-state index >= 15 is 0 Å². The third-order valence-electron chi connectivity index (χ3n) is 5.49. The van der Waals surface area contributed by atoms with Crippen LogP contribution in [0.1, 0.15) is 79.5 Å². The van der Waals surface area contributed by atoms with Crippen LogP contribution in [0.5, 0.6) is 0 Å². The summed E-state index contributed by atoms with van der Waals surface area (Å²) in [7, 11) is 0. The van der Waals surface area contributed by atoms with Gasteiger partial charge in [0.1, 0.15) is 17.5 Å². The summed E-state index contributed by atoms with van der Waals surface area (Å²) in [5.41, 5.74) is 2.36. The van der Waals surface area contributed by atoms with Crippen molar-refractivity contribution in [1.82, 2.24) is 20.1 Å².